The van der Waals surface area contributed by atoms with E-state index >= 15 is 0 Å². The van der Waals surface area contributed by atoms with Gasteiger partial charge < -0.3 is 16.2 Å². The van der Waals surface area contributed by atoms with Crippen molar-refractivity contribution < 1.29 is 9.90 Å². The lowest BCUT2D eigenvalue weighted by Gasteiger charge is -2.12. The van der Waals surface area contributed by atoms with Gasteiger partial charge in [0.05, 0.1) is 11.4 Å². The predicted molar refractivity (Wildman–Crippen MR) is 51.6 cm³/mol. The summed E-state index contributed by atoms with van der Waals surface area (Å²) in [6, 6.07) is 6.43. The van der Waals surface area contributed by atoms with Crippen molar-refractivity contribution in [3.05, 3.63) is 24.3 Å². The third kappa shape index (κ3) is 2.37. The first-order valence-electron chi connectivity index (χ1n) is 3.95. The van der Waals surface area contributed by atoms with Crippen molar-refractivity contribution in [3.63, 3.8) is 0 Å². The molecule has 0 aliphatic carbocycles. The van der Waals surface area contributed by atoms with E-state index in [-0.39, 0.29) is 0 Å². The van der Waals surface area contributed by atoms with Gasteiger partial charge in [0.15, 0.2) is 0 Å². The summed E-state index contributed by atoms with van der Waals surface area (Å²) in [4.78, 5) is 10.5. The molecule has 70 valence electrons. The minimum absolute atomic E-state index is 0.551. The zero-order chi connectivity index (χ0) is 9.84. The molecular formula is C9H12N2O2. The molecule has 0 saturated heterocycles. The van der Waals surface area contributed by atoms with Crippen LogP contribution < -0.4 is 11.1 Å². The van der Waals surface area contributed by atoms with Crippen molar-refractivity contribution in [3.8, 4) is 0 Å². The molecule has 4 N–H and O–H groups in total. The van der Waals surface area contributed by atoms with Gasteiger partial charge in [-0.1, -0.05) is 12.1 Å². The van der Waals surface area contributed by atoms with E-state index in [0.29, 0.717) is 11.4 Å². The molecule has 1 aromatic carbocycles. The van der Waals surface area contributed by atoms with Crippen LogP contribution in [0.2, 0.25) is 0 Å². The number of rotatable bonds is 3. The highest BCUT2D eigenvalue weighted by Gasteiger charge is 2.10. The summed E-state index contributed by atoms with van der Waals surface area (Å²) in [7, 11) is 0. The first kappa shape index (κ1) is 9.38. The first-order valence-corrected chi connectivity index (χ1v) is 3.95. The maximum absolute atomic E-state index is 10.5. The van der Waals surface area contributed by atoms with Gasteiger partial charge in [-0.2, -0.15) is 0 Å². The lowest BCUT2D eigenvalue weighted by atomic mass is 10.2. The highest BCUT2D eigenvalue weighted by atomic mass is 16.4. The average Bonchev–Trinajstić information content (AvgIpc) is 2.08. The summed E-state index contributed by atoms with van der Waals surface area (Å²) in [5.41, 5.74) is 6.82. The summed E-state index contributed by atoms with van der Waals surface area (Å²) in [5, 5.41) is 11.4. The highest BCUT2D eigenvalue weighted by molar-refractivity contribution is 5.79. The number of benzene rings is 1. The second kappa shape index (κ2) is 3.80. The van der Waals surface area contributed by atoms with Crippen LogP contribution in [-0.4, -0.2) is 17.1 Å². The van der Waals surface area contributed by atoms with Crippen molar-refractivity contribution in [1.82, 2.24) is 0 Å². The molecule has 1 aromatic rings. The van der Waals surface area contributed by atoms with Gasteiger partial charge in [0.2, 0.25) is 0 Å². The van der Waals surface area contributed by atoms with Crippen molar-refractivity contribution in [2.75, 3.05) is 11.1 Å². The number of carbonyl (C=O) groups is 1. The van der Waals surface area contributed by atoms with Crippen LogP contribution in [0.3, 0.4) is 0 Å². The average molecular weight is 180 g/mol. The normalized spacial score (nSPS) is 12.1. The predicted octanol–water partition coefficient (Wildman–Crippen LogP) is 1.15. The number of aliphatic carboxylic acids is 1. The van der Waals surface area contributed by atoms with Crippen LogP contribution >= 0.6 is 0 Å². The standard InChI is InChI=1S/C9H12N2O2/c1-6(9(12)13)11-8-5-3-2-4-7(8)10/h2-6,11H,10H2,1H3,(H,12,13)/t6-/m0/s1. The Kier molecular flexibility index (Phi) is 2.74. The number of nitrogen functional groups attached to an aromatic ring is 1. The van der Waals surface area contributed by atoms with Crippen LogP contribution in [-0.2, 0) is 4.79 Å². The number of anilines is 2. The number of para-hydroxylation sites is 2. The van der Waals surface area contributed by atoms with Crippen LogP contribution in [0.4, 0.5) is 11.4 Å². The number of hydrogen-bond donors (Lipinski definition) is 3. The zero-order valence-electron chi connectivity index (χ0n) is 7.32. The van der Waals surface area contributed by atoms with Crippen LogP contribution in [0, 0.1) is 0 Å². The molecule has 0 aliphatic rings. The third-order valence-electron chi connectivity index (χ3n) is 1.70. The summed E-state index contributed by atoms with van der Waals surface area (Å²) >= 11 is 0. The van der Waals surface area contributed by atoms with Gasteiger partial charge >= 0.3 is 5.97 Å². The van der Waals surface area contributed by atoms with E-state index in [1.54, 1.807) is 31.2 Å². The minimum atomic E-state index is -0.900. The molecular weight excluding hydrogens is 168 g/mol. The summed E-state index contributed by atoms with van der Waals surface area (Å²) in [6.07, 6.45) is 0. The van der Waals surface area contributed by atoms with Crippen molar-refractivity contribution in [2.45, 2.75) is 13.0 Å². The Morgan fingerprint density at radius 3 is 2.69 bits per heavy atom. The molecule has 0 radical (unpaired) electrons. The molecule has 0 aliphatic heterocycles. The number of nitrogens with two attached hydrogens (primary N) is 1. The van der Waals surface area contributed by atoms with Gasteiger partial charge in [0, 0.05) is 0 Å². The maximum atomic E-state index is 10.5. The fraction of sp³-hybridized carbons (Fsp3) is 0.222. The SMILES string of the molecule is C[C@H](Nc1ccccc1N)C(=O)O. The second-order valence-corrected chi connectivity index (χ2v) is 2.79. The quantitative estimate of drug-likeness (QED) is 0.610. The Labute approximate surface area is 76.4 Å². The lowest BCUT2D eigenvalue weighted by Crippen LogP contribution is -2.25. The number of carboxylic acid groups (broad SMARTS) is 1. The van der Waals surface area contributed by atoms with Crippen LogP contribution in [0.25, 0.3) is 0 Å². The molecule has 4 nitrogen and oxygen atoms in total. The Morgan fingerprint density at radius 1 is 1.54 bits per heavy atom. The molecule has 4 heteroatoms. The van der Waals surface area contributed by atoms with Crippen molar-refractivity contribution >= 4 is 17.3 Å². The van der Waals surface area contributed by atoms with Crippen LogP contribution in [0.1, 0.15) is 6.92 Å². The molecule has 0 amide bonds. The molecule has 1 atom stereocenters. The monoisotopic (exact) mass is 180 g/mol. The van der Waals surface area contributed by atoms with Gasteiger partial charge in [-0.25, -0.2) is 0 Å². The third-order valence-corrected chi connectivity index (χ3v) is 1.70. The molecule has 0 bridgehead atoms. The summed E-state index contributed by atoms with van der Waals surface area (Å²) < 4.78 is 0. The molecule has 0 unspecified atom stereocenters. The van der Waals surface area contributed by atoms with E-state index in [2.05, 4.69) is 5.32 Å². The molecule has 0 heterocycles. The molecule has 1 rings (SSSR count). The van der Waals surface area contributed by atoms with Gasteiger partial charge in [0.25, 0.3) is 0 Å². The zero-order valence-corrected chi connectivity index (χ0v) is 7.32. The fourth-order valence-corrected chi connectivity index (χ4v) is 0.923. The van der Waals surface area contributed by atoms with Crippen LogP contribution in [0.5, 0.6) is 0 Å². The lowest BCUT2D eigenvalue weighted by molar-refractivity contribution is -0.137. The van der Waals surface area contributed by atoms with Gasteiger partial charge in [0.1, 0.15) is 6.04 Å². The smallest absolute Gasteiger partial charge is 0.325 e. The Morgan fingerprint density at radius 2 is 2.15 bits per heavy atom. The molecule has 0 spiro atoms. The summed E-state index contributed by atoms with van der Waals surface area (Å²) in [6.45, 7) is 1.56. The number of nitrogens with one attached hydrogen (secondary N) is 1. The Bertz CT molecular complexity index is 312. The highest BCUT2D eigenvalue weighted by Crippen LogP contribution is 2.17. The first-order chi connectivity index (χ1) is 6.11. The van der Waals surface area contributed by atoms with E-state index in [0.717, 1.165) is 0 Å². The maximum Gasteiger partial charge on any atom is 0.325 e. The van der Waals surface area contributed by atoms with Crippen molar-refractivity contribution in [2.24, 2.45) is 0 Å². The number of carboxylic acids is 1. The Balaban J connectivity index is 2.74. The Hall–Kier alpha value is -1.71. The fourth-order valence-electron chi connectivity index (χ4n) is 0.923. The molecule has 0 aromatic heterocycles. The van der Waals surface area contributed by atoms with E-state index in [9.17, 15) is 4.79 Å². The summed E-state index contributed by atoms with van der Waals surface area (Å²) in [5.74, 6) is -0.900. The van der Waals surface area contributed by atoms with E-state index in [1.807, 2.05) is 0 Å². The molecule has 0 fully saturated rings. The van der Waals surface area contributed by atoms with Crippen LogP contribution in [0.15, 0.2) is 24.3 Å². The molecule has 0 saturated carbocycles. The topological polar surface area (TPSA) is 75.3 Å². The largest absolute Gasteiger partial charge is 0.480 e. The van der Waals surface area contributed by atoms with E-state index in [4.69, 9.17) is 10.8 Å². The van der Waals surface area contributed by atoms with Crippen molar-refractivity contribution in [1.29, 1.82) is 0 Å². The van der Waals surface area contributed by atoms with E-state index in [1.165, 1.54) is 0 Å². The van der Waals surface area contributed by atoms with Gasteiger partial charge in [-0.05, 0) is 19.1 Å². The number of hydrogen-bond acceptors (Lipinski definition) is 3. The molecule has 13 heavy (non-hydrogen) atoms. The van der Waals surface area contributed by atoms with Gasteiger partial charge in [-0.3, -0.25) is 4.79 Å². The van der Waals surface area contributed by atoms with E-state index < -0.39 is 12.0 Å². The van der Waals surface area contributed by atoms with Gasteiger partial charge in [-0.15, -0.1) is 0 Å². The second-order valence-electron chi connectivity index (χ2n) is 2.79. The minimum Gasteiger partial charge on any atom is -0.480 e.